The van der Waals surface area contributed by atoms with Crippen LogP contribution in [0.5, 0.6) is 0 Å². The molecule has 0 aromatic rings. The molecule has 0 aromatic carbocycles. The third-order valence-electron chi connectivity index (χ3n) is 1.20. The van der Waals surface area contributed by atoms with Crippen LogP contribution >= 0.6 is 0 Å². The van der Waals surface area contributed by atoms with E-state index in [-0.39, 0.29) is 6.04 Å². The second-order valence-corrected chi connectivity index (χ2v) is 1.79. The number of hydrogen-bond donors (Lipinski definition) is 1. The highest BCUT2D eigenvalue weighted by Gasteiger charge is 2.22. The van der Waals surface area contributed by atoms with E-state index in [2.05, 4.69) is 0 Å². The fraction of sp³-hybridized carbons (Fsp3) is 0.400. The largest absolute Gasteiger partial charge is 0.479 e. The van der Waals surface area contributed by atoms with Gasteiger partial charge in [-0.05, 0) is 12.3 Å². The van der Waals surface area contributed by atoms with E-state index in [0.29, 0.717) is 0 Å². The summed E-state index contributed by atoms with van der Waals surface area (Å²) in [6, 6.07) is -0.380. The molecular weight excluding hydrogens is 106 g/mol. The van der Waals surface area contributed by atoms with E-state index >= 15 is 0 Å². The molecule has 44 valence electrons. The van der Waals surface area contributed by atoms with Crippen LogP contribution in [0.15, 0.2) is 12.3 Å². The van der Waals surface area contributed by atoms with Gasteiger partial charge in [0.1, 0.15) is 6.04 Å². The van der Waals surface area contributed by atoms with Gasteiger partial charge in [0.25, 0.3) is 0 Å². The Morgan fingerprint density at radius 1 is 1.88 bits per heavy atom. The summed E-state index contributed by atoms with van der Waals surface area (Å²) in [6.45, 7) is 0. The average Bonchev–Trinajstić information content (AvgIpc) is 1.61. The lowest BCUT2D eigenvalue weighted by molar-refractivity contribution is -0.141. The van der Waals surface area contributed by atoms with E-state index in [1.54, 1.807) is 24.2 Å². The summed E-state index contributed by atoms with van der Waals surface area (Å²) in [4.78, 5) is 11.7. The van der Waals surface area contributed by atoms with Crippen molar-refractivity contribution in [2.24, 2.45) is 0 Å². The van der Waals surface area contributed by atoms with Crippen molar-refractivity contribution in [3.63, 3.8) is 0 Å². The number of aliphatic carboxylic acids is 1. The van der Waals surface area contributed by atoms with Gasteiger partial charge in [-0.25, -0.2) is 4.79 Å². The van der Waals surface area contributed by atoms with Gasteiger partial charge < -0.3 is 10.0 Å². The van der Waals surface area contributed by atoms with Gasteiger partial charge in [-0.15, -0.1) is 0 Å². The molecule has 0 fully saturated rings. The predicted octanol–water partition coefficient (Wildman–Crippen LogP) is -0.101. The molecule has 3 nitrogen and oxygen atoms in total. The zero-order valence-electron chi connectivity index (χ0n) is 4.53. The van der Waals surface area contributed by atoms with E-state index in [4.69, 9.17) is 5.11 Å². The summed E-state index contributed by atoms with van der Waals surface area (Å²) in [6.07, 6.45) is 3.38. The molecule has 1 aliphatic rings. The van der Waals surface area contributed by atoms with Gasteiger partial charge >= 0.3 is 5.97 Å². The van der Waals surface area contributed by atoms with Crippen LogP contribution in [0.25, 0.3) is 0 Å². The van der Waals surface area contributed by atoms with Gasteiger partial charge in [0.05, 0.1) is 0 Å². The first-order chi connectivity index (χ1) is 3.72. The minimum absolute atomic E-state index is 0.380. The van der Waals surface area contributed by atoms with Crippen LogP contribution in [-0.4, -0.2) is 29.1 Å². The van der Waals surface area contributed by atoms with Crippen molar-refractivity contribution in [1.29, 1.82) is 0 Å². The minimum Gasteiger partial charge on any atom is -0.479 e. The summed E-state index contributed by atoms with van der Waals surface area (Å²) >= 11 is 0. The molecule has 0 saturated heterocycles. The zero-order chi connectivity index (χ0) is 6.15. The third kappa shape index (κ3) is 0.559. The van der Waals surface area contributed by atoms with E-state index in [1.165, 1.54) is 0 Å². The molecule has 1 rings (SSSR count). The summed E-state index contributed by atoms with van der Waals surface area (Å²) in [7, 11) is 1.73. The first-order valence-electron chi connectivity index (χ1n) is 2.35. The lowest BCUT2D eigenvalue weighted by Crippen LogP contribution is -2.39. The van der Waals surface area contributed by atoms with Crippen LogP contribution in [0, 0.1) is 0 Å². The highest BCUT2D eigenvalue weighted by molar-refractivity contribution is 5.77. The SMILES string of the molecule is CN1C=CC1C(=O)O. The van der Waals surface area contributed by atoms with E-state index in [1.807, 2.05) is 0 Å². The number of carboxylic acids is 1. The Kier molecular flexibility index (Phi) is 0.970. The molecule has 0 bridgehead atoms. The number of rotatable bonds is 1. The normalized spacial score (nSPS) is 25.1. The Bertz CT molecular complexity index is 141. The molecule has 1 heterocycles. The molecule has 0 aliphatic carbocycles. The molecule has 0 amide bonds. The molecule has 0 spiro atoms. The highest BCUT2D eigenvalue weighted by atomic mass is 16.4. The molecule has 1 aliphatic heterocycles. The van der Waals surface area contributed by atoms with Crippen LogP contribution in [0.1, 0.15) is 0 Å². The van der Waals surface area contributed by atoms with Gasteiger partial charge in [0, 0.05) is 7.05 Å². The topological polar surface area (TPSA) is 40.5 Å². The van der Waals surface area contributed by atoms with Gasteiger partial charge in [-0.3, -0.25) is 0 Å². The number of carboxylic acid groups (broad SMARTS) is 1. The van der Waals surface area contributed by atoms with Crippen molar-refractivity contribution in [3.05, 3.63) is 12.3 Å². The summed E-state index contributed by atoms with van der Waals surface area (Å²) < 4.78 is 0. The molecule has 1 N–H and O–H groups in total. The van der Waals surface area contributed by atoms with E-state index < -0.39 is 5.97 Å². The minimum atomic E-state index is -0.782. The van der Waals surface area contributed by atoms with Crippen molar-refractivity contribution in [2.75, 3.05) is 7.05 Å². The Hall–Kier alpha value is -0.990. The van der Waals surface area contributed by atoms with E-state index in [9.17, 15) is 4.79 Å². The van der Waals surface area contributed by atoms with E-state index in [0.717, 1.165) is 0 Å². The third-order valence-corrected chi connectivity index (χ3v) is 1.20. The monoisotopic (exact) mass is 113 g/mol. The van der Waals surface area contributed by atoms with Crippen molar-refractivity contribution in [2.45, 2.75) is 6.04 Å². The van der Waals surface area contributed by atoms with Crippen molar-refractivity contribution >= 4 is 5.97 Å². The molecule has 1 unspecified atom stereocenters. The van der Waals surface area contributed by atoms with Gasteiger partial charge in [0.2, 0.25) is 0 Å². The van der Waals surface area contributed by atoms with Gasteiger partial charge in [-0.1, -0.05) is 0 Å². The first-order valence-corrected chi connectivity index (χ1v) is 2.35. The van der Waals surface area contributed by atoms with Crippen LogP contribution < -0.4 is 0 Å². The maximum atomic E-state index is 10.1. The molecule has 1 atom stereocenters. The molecule has 3 heteroatoms. The fourth-order valence-corrected chi connectivity index (χ4v) is 0.601. The predicted molar refractivity (Wildman–Crippen MR) is 28.3 cm³/mol. The molecule has 0 aromatic heterocycles. The quantitative estimate of drug-likeness (QED) is 0.516. The summed E-state index contributed by atoms with van der Waals surface area (Å²) in [5.74, 6) is -0.782. The lowest BCUT2D eigenvalue weighted by Gasteiger charge is -2.27. The van der Waals surface area contributed by atoms with Crippen LogP contribution in [0.3, 0.4) is 0 Å². The second kappa shape index (κ2) is 1.51. The average molecular weight is 113 g/mol. The van der Waals surface area contributed by atoms with Crippen LogP contribution in [0.4, 0.5) is 0 Å². The maximum Gasteiger partial charge on any atom is 0.330 e. The first kappa shape index (κ1) is 5.15. The Morgan fingerprint density at radius 2 is 2.50 bits per heavy atom. The summed E-state index contributed by atoms with van der Waals surface area (Å²) in [5.41, 5.74) is 0. The number of likely N-dealkylation sites (N-methyl/N-ethyl adjacent to an activating group) is 1. The number of carbonyl (C=O) groups is 1. The second-order valence-electron chi connectivity index (χ2n) is 1.79. The number of hydrogen-bond acceptors (Lipinski definition) is 2. The maximum absolute atomic E-state index is 10.1. The molecule has 8 heavy (non-hydrogen) atoms. The Morgan fingerprint density at radius 3 is 2.50 bits per heavy atom. The molecule has 0 saturated carbocycles. The van der Waals surface area contributed by atoms with Crippen molar-refractivity contribution < 1.29 is 9.90 Å². The van der Waals surface area contributed by atoms with Crippen molar-refractivity contribution in [1.82, 2.24) is 4.90 Å². The molecule has 0 radical (unpaired) electrons. The Labute approximate surface area is 47.2 Å². The standard InChI is InChI=1S/C5H7NO2/c1-6-3-2-4(6)5(7)8/h2-4H,1H3,(H,7,8). The zero-order valence-corrected chi connectivity index (χ0v) is 4.53. The fourth-order valence-electron chi connectivity index (χ4n) is 0.601. The summed E-state index contributed by atoms with van der Waals surface area (Å²) in [5, 5.41) is 8.31. The lowest BCUT2D eigenvalue weighted by atomic mass is 10.2. The molecular formula is C5H7NO2. The van der Waals surface area contributed by atoms with Crippen LogP contribution in [-0.2, 0) is 4.79 Å². The number of nitrogens with zero attached hydrogens (tertiary/aromatic N) is 1. The van der Waals surface area contributed by atoms with Crippen LogP contribution in [0.2, 0.25) is 0 Å². The Balaban J connectivity index is 2.53. The van der Waals surface area contributed by atoms with Crippen molar-refractivity contribution in [3.8, 4) is 0 Å². The smallest absolute Gasteiger partial charge is 0.330 e. The highest BCUT2D eigenvalue weighted by Crippen LogP contribution is 2.08. The van der Waals surface area contributed by atoms with Gasteiger partial charge in [-0.2, -0.15) is 0 Å². The van der Waals surface area contributed by atoms with Gasteiger partial charge in [0.15, 0.2) is 0 Å².